The third-order valence-corrected chi connectivity index (χ3v) is 2.44. The molecule has 1 aliphatic carbocycles. The van der Waals surface area contributed by atoms with E-state index >= 15 is 0 Å². The van der Waals surface area contributed by atoms with E-state index in [1.165, 1.54) is 0 Å². The topological polar surface area (TPSA) is 50.1 Å². The molecule has 2 unspecified atom stereocenters. The average Bonchev–Trinajstić information content (AvgIpc) is 2.80. The zero-order valence-corrected chi connectivity index (χ0v) is 7.46. The highest BCUT2D eigenvalue weighted by atomic mass is 16.5. The zero-order valence-electron chi connectivity index (χ0n) is 7.46. The summed E-state index contributed by atoms with van der Waals surface area (Å²) in [4.78, 5) is 11.3. The molecule has 0 bridgehead atoms. The van der Waals surface area contributed by atoms with Gasteiger partial charge in [-0.1, -0.05) is 13.3 Å². The van der Waals surface area contributed by atoms with E-state index in [1.807, 2.05) is 6.92 Å². The van der Waals surface area contributed by atoms with E-state index in [0.717, 1.165) is 6.42 Å². The van der Waals surface area contributed by atoms with E-state index in [0.29, 0.717) is 13.0 Å². The van der Waals surface area contributed by atoms with Crippen LogP contribution in [0, 0.1) is 22.7 Å². The van der Waals surface area contributed by atoms with Gasteiger partial charge in [0.2, 0.25) is 0 Å². The van der Waals surface area contributed by atoms with Crippen LogP contribution in [0.5, 0.6) is 0 Å². The van der Waals surface area contributed by atoms with E-state index in [-0.39, 0.29) is 11.9 Å². The summed E-state index contributed by atoms with van der Waals surface area (Å²) in [5.74, 6) is -0.110. The first-order valence-electron chi connectivity index (χ1n) is 4.29. The minimum Gasteiger partial charge on any atom is -0.465 e. The SMILES string of the molecule is CCOC(=O)C1(C#N)CC1CC. The number of carbonyl (C=O) groups is 1. The summed E-state index contributed by atoms with van der Waals surface area (Å²) in [5.41, 5.74) is -0.787. The molecule has 0 aromatic carbocycles. The Hall–Kier alpha value is -1.04. The van der Waals surface area contributed by atoms with Gasteiger partial charge in [-0.05, 0) is 19.3 Å². The average molecular weight is 167 g/mol. The number of carbonyl (C=O) groups excluding carboxylic acids is 1. The first kappa shape index (κ1) is 9.05. The summed E-state index contributed by atoms with van der Waals surface area (Å²) in [6, 6.07) is 2.06. The Bertz CT molecular complexity index is 231. The highest BCUT2D eigenvalue weighted by molar-refractivity contribution is 5.84. The highest BCUT2D eigenvalue weighted by Crippen LogP contribution is 2.54. The van der Waals surface area contributed by atoms with Crippen molar-refractivity contribution in [1.29, 1.82) is 5.26 Å². The van der Waals surface area contributed by atoms with Gasteiger partial charge in [-0.15, -0.1) is 0 Å². The summed E-state index contributed by atoms with van der Waals surface area (Å²) in [7, 11) is 0. The fourth-order valence-corrected chi connectivity index (χ4v) is 1.51. The Morgan fingerprint density at radius 1 is 1.75 bits per heavy atom. The molecule has 2 atom stereocenters. The van der Waals surface area contributed by atoms with Gasteiger partial charge in [0.1, 0.15) is 0 Å². The van der Waals surface area contributed by atoms with Crippen LogP contribution in [0.2, 0.25) is 0 Å². The van der Waals surface area contributed by atoms with Crippen molar-refractivity contribution < 1.29 is 9.53 Å². The Morgan fingerprint density at radius 3 is 2.75 bits per heavy atom. The molecule has 0 aromatic heterocycles. The van der Waals surface area contributed by atoms with E-state index < -0.39 is 5.41 Å². The van der Waals surface area contributed by atoms with Gasteiger partial charge in [0, 0.05) is 0 Å². The third kappa shape index (κ3) is 1.18. The van der Waals surface area contributed by atoms with Crippen LogP contribution in [0.25, 0.3) is 0 Å². The number of esters is 1. The van der Waals surface area contributed by atoms with E-state index in [1.54, 1.807) is 6.92 Å². The van der Waals surface area contributed by atoms with E-state index in [9.17, 15) is 4.79 Å². The van der Waals surface area contributed by atoms with Crippen LogP contribution in [-0.2, 0) is 9.53 Å². The Morgan fingerprint density at radius 2 is 2.42 bits per heavy atom. The van der Waals surface area contributed by atoms with Crippen molar-refractivity contribution in [2.24, 2.45) is 11.3 Å². The van der Waals surface area contributed by atoms with Gasteiger partial charge < -0.3 is 4.74 Å². The van der Waals surface area contributed by atoms with Crippen molar-refractivity contribution in [3.05, 3.63) is 0 Å². The summed E-state index contributed by atoms with van der Waals surface area (Å²) >= 11 is 0. The van der Waals surface area contributed by atoms with Gasteiger partial charge >= 0.3 is 5.97 Å². The minimum absolute atomic E-state index is 0.224. The lowest BCUT2D eigenvalue weighted by atomic mass is 10.1. The summed E-state index contributed by atoms with van der Waals surface area (Å²) in [6.07, 6.45) is 1.56. The second-order valence-electron chi connectivity index (χ2n) is 3.11. The first-order chi connectivity index (χ1) is 5.71. The molecule has 0 aromatic rings. The molecule has 3 nitrogen and oxygen atoms in total. The quantitative estimate of drug-likeness (QED) is 0.598. The lowest BCUT2D eigenvalue weighted by Crippen LogP contribution is -2.19. The molecule has 3 heteroatoms. The minimum atomic E-state index is -0.787. The van der Waals surface area contributed by atoms with Gasteiger partial charge in [0.25, 0.3) is 0 Å². The van der Waals surface area contributed by atoms with Gasteiger partial charge in [-0.25, -0.2) is 0 Å². The normalized spacial score (nSPS) is 32.2. The predicted molar refractivity (Wildman–Crippen MR) is 43.1 cm³/mol. The molecular weight excluding hydrogens is 154 g/mol. The number of rotatable bonds is 3. The lowest BCUT2D eigenvalue weighted by molar-refractivity contribution is -0.147. The van der Waals surface area contributed by atoms with Crippen molar-refractivity contribution in [3.63, 3.8) is 0 Å². The standard InChI is InChI=1S/C9H13NO2/c1-3-7-5-9(7,6-10)8(11)12-4-2/h7H,3-5H2,1-2H3. The Balaban J connectivity index is 2.61. The molecule has 0 radical (unpaired) electrons. The van der Waals surface area contributed by atoms with Crippen LogP contribution in [0.1, 0.15) is 26.7 Å². The zero-order chi connectivity index (χ0) is 9.19. The van der Waals surface area contributed by atoms with Crippen LogP contribution in [0.4, 0.5) is 0 Å². The molecule has 66 valence electrons. The molecule has 1 fully saturated rings. The second kappa shape index (κ2) is 3.14. The molecule has 0 heterocycles. The summed E-state index contributed by atoms with van der Waals surface area (Å²) < 4.78 is 4.83. The van der Waals surface area contributed by atoms with Crippen molar-refractivity contribution in [3.8, 4) is 6.07 Å². The van der Waals surface area contributed by atoms with Crippen molar-refractivity contribution in [2.75, 3.05) is 6.61 Å². The van der Waals surface area contributed by atoms with Crippen LogP contribution < -0.4 is 0 Å². The largest absolute Gasteiger partial charge is 0.465 e. The van der Waals surface area contributed by atoms with Crippen LogP contribution in [0.15, 0.2) is 0 Å². The molecule has 1 rings (SSSR count). The monoisotopic (exact) mass is 167 g/mol. The lowest BCUT2D eigenvalue weighted by Gasteiger charge is -2.05. The maximum atomic E-state index is 11.3. The van der Waals surface area contributed by atoms with Crippen molar-refractivity contribution in [2.45, 2.75) is 26.7 Å². The third-order valence-electron chi connectivity index (χ3n) is 2.44. The summed E-state index contributed by atoms with van der Waals surface area (Å²) in [5, 5.41) is 8.80. The van der Waals surface area contributed by atoms with Crippen LogP contribution in [-0.4, -0.2) is 12.6 Å². The van der Waals surface area contributed by atoms with Gasteiger partial charge in [0.05, 0.1) is 12.7 Å². The number of nitrogens with zero attached hydrogens (tertiary/aromatic N) is 1. The fraction of sp³-hybridized carbons (Fsp3) is 0.778. The molecule has 0 aliphatic heterocycles. The maximum absolute atomic E-state index is 11.3. The number of nitriles is 1. The molecule has 0 N–H and O–H groups in total. The fourth-order valence-electron chi connectivity index (χ4n) is 1.51. The molecule has 12 heavy (non-hydrogen) atoms. The summed E-state index contributed by atoms with van der Waals surface area (Å²) in [6.45, 7) is 4.11. The molecule has 0 amide bonds. The smallest absolute Gasteiger partial charge is 0.326 e. The highest BCUT2D eigenvalue weighted by Gasteiger charge is 2.61. The van der Waals surface area contributed by atoms with E-state index in [2.05, 4.69) is 6.07 Å². The van der Waals surface area contributed by atoms with Gasteiger partial charge in [-0.3, -0.25) is 4.79 Å². The predicted octanol–water partition coefficient (Wildman–Crippen LogP) is 1.49. The number of ether oxygens (including phenoxy) is 1. The van der Waals surface area contributed by atoms with Crippen molar-refractivity contribution in [1.82, 2.24) is 0 Å². The Kier molecular flexibility index (Phi) is 2.37. The molecule has 0 spiro atoms. The maximum Gasteiger partial charge on any atom is 0.326 e. The number of hydrogen-bond acceptors (Lipinski definition) is 3. The van der Waals surface area contributed by atoms with Crippen LogP contribution >= 0.6 is 0 Å². The second-order valence-corrected chi connectivity index (χ2v) is 3.11. The van der Waals surface area contributed by atoms with Gasteiger partial charge in [0.15, 0.2) is 5.41 Å². The number of hydrogen-bond donors (Lipinski definition) is 0. The molecular formula is C9H13NO2. The van der Waals surface area contributed by atoms with E-state index in [4.69, 9.17) is 10.00 Å². The van der Waals surface area contributed by atoms with Crippen LogP contribution in [0.3, 0.4) is 0 Å². The molecule has 0 saturated heterocycles. The van der Waals surface area contributed by atoms with Crippen molar-refractivity contribution >= 4 is 5.97 Å². The Labute approximate surface area is 72.3 Å². The molecule has 1 saturated carbocycles. The molecule has 1 aliphatic rings. The van der Waals surface area contributed by atoms with Gasteiger partial charge in [-0.2, -0.15) is 5.26 Å². The first-order valence-corrected chi connectivity index (χ1v) is 4.29.